The van der Waals surface area contributed by atoms with Crippen molar-refractivity contribution >= 4 is 24.0 Å². The maximum Gasteiger partial charge on any atom is 0.416 e. The molecule has 23 heavy (non-hydrogen) atoms. The van der Waals surface area contributed by atoms with E-state index in [1.165, 1.54) is 6.07 Å². The van der Waals surface area contributed by atoms with E-state index in [1.54, 1.807) is 0 Å². The van der Waals surface area contributed by atoms with Gasteiger partial charge in [0.05, 0.1) is 5.56 Å². The molecule has 1 saturated heterocycles. The molecule has 1 heterocycles. The number of rotatable bonds is 4. The Morgan fingerprint density at radius 1 is 1.26 bits per heavy atom. The highest BCUT2D eigenvalue weighted by atomic mass is 35.5. The van der Waals surface area contributed by atoms with Crippen molar-refractivity contribution in [3.8, 4) is 0 Å². The molecule has 2 rings (SSSR count). The summed E-state index contributed by atoms with van der Waals surface area (Å²) in [6.45, 7) is 1.23. The number of hydrogen-bond donors (Lipinski definition) is 2. The van der Waals surface area contributed by atoms with Crippen LogP contribution < -0.4 is 11.1 Å². The monoisotopic (exact) mass is 352 g/mol. The van der Waals surface area contributed by atoms with Gasteiger partial charge in [0, 0.05) is 31.9 Å². The Labute approximate surface area is 139 Å². The average molecular weight is 353 g/mol. The van der Waals surface area contributed by atoms with Crippen molar-refractivity contribution in [3.63, 3.8) is 0 Å². The first kappa shape index (κ1) is 19.7. The molecule has 0 spiro atoms. The average Bonchev–Trinajstić information content (AvgIpc) is 2.46. The zero-order chi connectivity index (χ0) is 16.2. The minimum Gasteiger partial charge on any atom is -0.381 e. The fourth-order valence-electron chi connectivity index (χ4n) is 2.47. The molecule has 0 aromatic heterocycles. The molecule has 8 heteroatoms. The zero-order valence-electron chi connectivity index (χ0n) is 12.5. The fourth-order valence-corrected chi connectivity index (χ4v) is 2.47. The molecule has 0 radical (unpaired) electrons. The van der Waals surface area contributed by atoms with Gasteiger partial charge >= 0.3 is 6.18 Å². The van der Waals surface area contributed by atoms with Gasteiger partial charge < -0.3 is 15.8 Å². The van der Waals surface area contributed by atoms with E-state index in [0.29, 0.717) is 18.8 Å². The number of halogens is 4. The lowest BCUT2D eigenvalue weighted by atomic mass is 9.96. The van der Waals surface area contributed by atoms with Crippen molar-refractivity contribution < 1.29 is 22.7 Å². The molecule has 130 valence electrons. The van der Waals surface area contributed by atoms with E-state index >= 15 is 0 Å². The van der Waals surface area contributed by atoms with Gasteiger partial charge in [0.2, 0.25) is 5.91 Å². The van der Waals surface area contributed by atoms with Crippen molar-refractivity contribution in [1.29, 1.82) is 0 Å². The molecule has 1 aromatic rings. The zero-order valence-corrected chi connectivity index (χ0v) is 13.3. The molecular weight excluding hydrogens is 333 g/mol. The Kier molecular flexibility index (Phi) is 7.31. The van der Waals surface area contributed by atoms with E-state index in [-0.39, 0.29) is 42.9 Å². The Bertz CT molecular complexity index is 532. The van der Waals surface area contributed by atoms with Crippen molar-refractivity contribution in [2.24, 2.45) is 11.7 Å². The molecule has 0 atom stereocenters. The first-order valence-corrected chi connectivity index (χ1v) is 7.17. The SMILES string of the molecule is Cl.NCc1cc(NC(=O)CC2CCOCC2)cc(C(F)(F)F)c1. The third kappa shape index (κ3) is 6.01. The molecule has 0 bridgehead atoms. The second-order valence-corrected chi connectivity index (χ2v) is 5.43. The Balaban J connectivity index is 0.00000264. The smallest absolute Gasteiger partial charge is 0.381 e. The topological polar surface area (TPSA) is 64.3 Å². The summed E-state index contributed by atoms with van der Waals surface area (Å²) >= 11 is 0. The number of alkyl halides is 3. The molecule has 0 aliphatic carbocycles. The van der Waals surface area contributed by atoms with Crippen molar-refractivity contribution in [1.82, 2.24) is 0 Å². The Morgan fingerprint density at radius 2 is 1.91 bits per heavy atom. The van der Waals surface area contributed by atoms with Crippen LogP contribution >= 0.6 is 12.4 Å². The van der Waals surface area contributed by atoms with Crippen LogP contribution in [-0.2, 0) is 22.3 Å². The van der Waals surface area contributed by atoms with Crippen molar-refractivity contribution in [2.45, 2.75) is 32.0 Å². The van der Waals surface area contributed by atoms with E-state index in [9.17, 15) is 18.0 Å². The summed E-state index contributed by atoms with van der Waals surface area (Å²) < 4.78 is 43.7. The van der Waals surface area contributed by atoms with Gasteiger partial charge in [-0.3, -0.25) is 4.79 Å². The molecule has 0 saturated carbocycles. The van der Waals surface area contributed by atoms with Gasteiger partial charge in [-0.25, -0.2) is 0 Å². The van der Waals surface area contributed by atoms with Crippen LogP contribution in [0.5, 0.6) is 0 Å². The number of benzene rings is 1. The predicted octanol–water partition coefficient (Wildman–Crippen LogP) is 3.34. The van der Waals surface area contributed by atoms with E-state index in [0.717, 1.165) is 25.0 Å². The highest BCUT2D eigenvalue weighted by molar-refractivity contribution is 5.91. The maximum absolute atomic E-state index is 12.8. The minimum atomic E-state index is -4.47. The summed E-state index contributed by atoms with van der Waals surface area (Å²) in [5.41, 5.74) is 5.07. The van der Waals surface area contributed by atoms with E-state index in [4.69, 9.17) is 10.5 Å². The molecule has 1 aliphatic rings. The standard InChI is InChI=1S/C15H19F3N2O2.ClH/c16-15(17,18)12-5-11(9-19)6-13(8-12)20-14(21)7-10-1-3-22-4-2-10;/h5-6,8,10H,1-4,7,9,19H2,(H,20,21);1H. The van der Waals surface area contributed by atoms with Crippen LogP contribution in [-0.4, -0.2) is 19.1 Å². The van der Waals surface area contributed by atoms with Crippen molar-refractivity contribution in [2.75, 3.05) is 18.5 Å². The largest absolute Gasteiger partial charge is 0.416 e. The second-order valence-electron chi connectivity index (χ2n) is 5.43. The number of hydrogen-bond acceptors (Lipinski definition) is 3. The quantitative estimate of drug-likeness (QED) is 0.873. The van der Waals surface area contributed by atoms with Gasteiger partial charge in [-0.15, -0.1) is 12.4 Å². The number of carbonyl (C=O) groups is 1. The summed E-state index contributed by atoms with van der Waals surface area (Å²) in [7, 11) is 0. The molecule has 1 amide bonds. The van der Waals surface area contributed by atoms with Gasteiger partial charge in [0.15, 0.2) is 0 Å². The highest BCUT2D eigenvalue weighted by Crippen LogP contribution is 2.32. The summed E-state index contributed by atoms with van der Waals surface area (Å²) in [6, 6.07) is 3.40. The third-order valence-corrected chi connectivity index (χ3v) is 3.65. The Morgan fingerprint density at radius 3 is 2.48 bits per heavy atom. The second kappa shape index (κ2) is 8.52. The number of amides is 1. The number of carbonyl (C=O) groups excluding carboxylic acids is 1. The van der Waals surface area contributed by atoms with Crippen LogP contribution in [0, 0.1) is 5.92 Å². The molecule has 1 aliphatic heterocycles. The normalized spacial score (nSPS) is 15.8. The van der Waals surface area contributed by atoms with Gasteiger partial charge in [-0.1, -0.05) is 0 Å². The van der Waals surface area contributed by atoms with Crippen LogP contribution in [0.15, 0.2) is 18.2 Å². The van der Waals surface area contributed by atoms with Crippen LogP contribution in [0.3, 0.4) is 0 Å². The first-order valence-electron chi connectivity index (χ1n) is 7.17. The summed E-state index contributed by atoms with van der Waals surface area (Å²) in [4.78, 5) is 12.0. The first-order chi connectivity index (χ1) is 10.4. The van der Waals surface area contributed by atoms with Gasteiger partial charge in [0.1, 0.15) is 0 Å². The van der Waals surface area contributed by atoms with Gasteiger partial charge in [-0.2, -0.15) is 13.2 Å². The molecule has 4 nitrogen and oxygen atoms in total. The van der Waals surface area contributed by atoms with Crippen molar-refractivity contribution in [3.05, 3.63) is 29.3 Å². The van der Waals surface area contributed by atoms with Crippen LogP contribution in [0.2, 0.25) is 0 Å². The summed E-state index contributed by atoms with van der Waals surface area (Å²) in [5.74, 6) is -0.0669. The minimum absolute atomic E-state index is 0. The lowest BCUT2D eigenvalue weighted by molar-refractivity contribution is -0.137. The number of nitrogens with two attached hydrogens (primary N) is 1. The molecule has 0 unspecified atom stereocenters. The van der Waals surface area contributed by atoms with E-state index in [1.807, 2.05) is 0 Å². The number of ether oxygens (including phenoxy) is 1. The van der Waals surface area contributed by atoms with Gasteiger partial charge in [-0.05, 0) is 42.5 Å². The Hall–Kier alpha value is -1.31. The molecule has 3 N–H and O–H groups in total. The predicted molar refractivity (Wildman–Crippen MR) is 83.4 cm³/mol. The van der Waals surface area contributed by atoms with Gasteiger partial charge in [0.25, 0.3) is 0 Å². The molecular formula is C15H20ClF3N2O2. The maximum atomic E-state index is 12.8. The third-order valence-electron chi connectivity index (χ3n) is 3.65. The van der Waals surface area contributed by atoms with Crippen LogP contribution in [0.4, 0.5) is 18.9 Å². The highest BCUT2D eigenvalue weighted by Gasteiger charge is 2.31. The van der Waals surface area contributed by atoms with Crippen LogP contribution in [0.25, 0.3) is 0 Å². The van der Waals surface area contributed by atoms with E-state index in [2.05, 4.69) is 5.32 Å². The number of nitrogens with one attached hydrogen (secondary N) is 1. The molecule has 1 aromatic carbocycles. The fraction of sp³-hybridized carbons (Fsp3) is 0.533. The lowest BCUT2D eigenvalue weighted by Gasteiger charge is -2.21. The van der Waals surface area contributed by atoms with E-state index < -0.39 is 11.7 Å². The lowest BCUT2D eigenvalue weighted by Crippen LogP contribution is -2.22. The van der Waals surface area contributed by atoms with Crippen LogP contribution in [0.1, 0.15) is 30.4 Å². The number of anilines is 1. The summed E-state index contributed by atoms with van der Waals surface area (Å²) in [6.07, 6.45) is -2.59. The summed E-state index contributed by atoms with van der Waals surface area (Å²) in [5, 5.41) is 2.54. The molecule has 1 fully saturated rings.